The minimum absolute atomic E-state index is 0.172. The van der Waals surface area contributed by atoms with Crippen molar-refractivity contribution in [2.75, 3.05) is 37.2 Å². The Morgan fingerprint density at radius 3 is 2.70 bits per heavy atom. The first-order valence-electron chi connectivity index (χ1n) is 7.17. The molecule has 1 aliphatic heterocycles. The van der Waals surface area contributed by atoms with E-state index in [9.17, 15) is 4.79 Å². The van der Waals surface area contributed by atoms with Gasteiger partial charge in [-0.1, -0.05) is 6.42 Å². The van der Waals surface area contributed by atoms with E-state index in [1.165, 1.54) is 32.4 Å². The number of nitrogen functional groups attached to an aromatic ring is 1. The van der Waals surface area contributed by atoms with Crippen LogP contribution in [0.2, 0.25) is 0 Å². The molecule has 0 radical (unpaired) electrons. The quantitative estimate of drug-likeness (QED) is 0.719. The summed E-state index contributed by atoms with van der Waals surface area (Å²) in [7, 11) is 0. The highest BCUT2D eigenvalue weighted by atomic mass is 16.4. The summed E-state index contributed by atoms with van der Waals surface area (Å²) in [5.41, 5.74) is 7.92. The van der Waals surface area contributed by atoms with Crippen molar-refractivity contribution in [1.29, 1.82) is 0 Å². The zero-order valence-electron chi connectivity index (χ0n) is 12.0. The van der Waals surface area contributed by atoms with Crippen LogP contribution in [-0.2, 0) is 0 Å². The van der Waals surface area contributed by atoms with Crippen molar-refractivity contribution in [2.45, 2.75) is 26.2 Å². The lowest BCUT2D eigenvalue weighted by atomic mass is 10.1. The number of aromatic carboxylic acids is 1. The van der Waals surface area contributed by atoms with Crippen LogP contribution in [0.5, 0.6) is 0 Å². The van der Waals surface area contributed by atoms with E-state index in [0.717, 1.165) is 24.3 Å². The molecule has 0 aliphatic carbocycles. The number of nitrogens with zero attached hydrogens (tertiary/aromatic N) is 1. The molecule has 0 amide bonds. The lowest BCUT2D eigenvalue weighted by Crippen LogP contribution is -2.33. The maximum atomic E-state index is 11.1. The number of piperidine rings is 1. The molecular weight excluding hydrogens is 254 g/mol. The second-order valence-electron chi connectivity index (χ2n) is 5.39. The summed E-state index contributed by atoms with van der Waals surface area (Å²) in [4.78, 5) is 13.6. The van der Waals surface area contributed by atoms with Crippen LogP contribution >= 0.6 is 0 Å². The van der Waals surface area contributed by atoms with Gasteiger partial charge < -0.3 is 21.1 Å². The topological polar surface area (TPSA) is 78.6 Å². The van der Waals surface area contributed by atoms with Crippen LogP contribution in [0.4, 0.5) is 11.4 Å². The average Bonchev–Trinajstić information content (AvgIpc) is 2.43. The monoisotopic (exact) mass is 277 g/mol. The van der Waals surface area contributed by atoms with Gasteiger partial charge in [0, 0.05) is 24.5 Å². The van der Waals surface area contributed by atoms with Crippen LogP contribution in [0.1, 0.15) is 35.2 Å². The molecule has 0 saturated carbocycles. The minimum Gasteiger partial charge on any atom is -0.478 e. The van der Waals surface area contributed by atoms with Gasteiger partial charge in [0.15, 0.2) is 0 Å². The molecule has 0 aromatic heterocycles. The Bertz CT molecular complexity index is 482. The zero-order valence-corrected chi connectivity index (χ0v) is 12.0. The molecule has 0 bridgehead atoms. The standard InChI is InChI=1S/C15H23N3O2/c1-11-9-12(10-13(14(11)16)15(19)20)17-5-8-18-6-3-2-4-7-18/h9-10,17H,2-8,16H2,1H3,(H,19,20). The first kappa shape index (κ1) is 14.7. The van der Waals surface area contributed by atoms with Crippen molar-refractivity contribution >= 4 is 17.3 Å². The van der Waals surface area contributed by atoms with Crippen molar-refractivity contribution in [1.82, 2.24) is 4.90 Å². The first-order valence-corrected chi connectivity index (χ1v) is 7.17. The summed E-state index contributed by atoms with van der Waals surface area (Å²) in [5, 5.41) is 12.4. The van der Waals surface area contributed by atoms with Crippen LogP contribution in [0.25, 0.3) is 0 Å². The maximum Gasteiger partial charge on any atom is 0.337 e. The Balaban J connectivity index is 1.93. The second kappa shape index (κ2) is 6.61. The van der Waals surface area contributed by atoms with Crippen LogP contribution in [0, 0.1) is 6.92 Å². The highest BCUT2D eigenvalue weighted by Gasteiger charge is 2.12. The molecule has 1 fully saturated rings. The van der Waals surface area contributed by atoms with Gasteiger partial charge >= 0.3 is 5.97 Å². The minimum atomic E-state index is -0.981. The molecule has 110 valence electrons. The normalized spacial score (nSPS) is 16.1. The van der Waals surface area contributed by atoms with E-state index in [0.29, 0.717) is 5.69 Å². The highest BCUT2D eigenvalue weighted by Crippen LogP contribution is 2.22. The van der Waals surface area contributed by atoms with Gasteiger partial charge in [0.25, 0.3) is 0 Å². The van der Waals surface area contributed by atoms with Gasteiger partial charge in [-0.05, 0) is 50.6 Å². The van der Waals surface area contributed by atoms with Gasteiger partial charge in [0.1, 0.15) is 0 Å². The maximum absolute atomic E-state index is 11.1. The molecule has 0 atom stereocenters. The fraction of sp³-hybridized carbons (Fsp3) is 0.533. The molecule has 0 unspecified atom stereocenters. The van der Waals surface area contributed by atoms with Gasteiger partial charge in [-0.3, -0.25) is 0 Å². The number of carboxylic acid groups (broad SMARTS) is 1. The fourth-order valence-electron chi connectivity index (χ4n) is 2.62. The molecule has 20 heavy (non-hydrogen) atoms. The number of nitrogens with two attached hydrogens (primary N) is 1. The molecule has 1 aromatic carbocycles. The number of hydrogen-bond acceptors (Lipinski definition) is 4. The van der Waals surface area contributed by atoms with E-state index < -0.39 is 5.97 Å². The molecule has 1 saturated heterocycles. The van der Waals surface area contributed by atoms with E-state index in [-0.39, 0.29) is 5.56 Å². The van der Waals surface area contributed by atoms with Crippen molar-refractivity contribution in [2.24, 2.45) is 0 Å². The number of carboxylic acids is 1. The molecule has 2 rings (SSSR count). The molecule has 1 heterocycles. The van der Waals surface area contributed by atoms with Crippen molar-refractivity contribution < 1.29 is 9.90 Å². The molecule has 0 spiro atoms. The number of rotatable bonds is 5. The zero-order chi connectivity index (χ0) is 14.5. The number of aryl methyl sites for hydroxylation is 1. The number of hydrogen-bond donors (Lipinski definition) is 3. The molecular formula is C15H23N3O2. The number of benzene rings is 1. The molecule has 5 heteroatoms. The second-order valence-corrected chi connectivity index (χ2v) is 5.39. The van der Waals surface area contributed by atoms with Gasteiger partial charge in [0.05, 0.1) is 5.56 Å². The van der Waals surface area contributed by atoms with Crippen LogP contribution in [-0.4, -0.2) is 42.2 Å². The average molecular weight is 277 g/mol. The van der Waals surface area contributed by atoms with Crippen molar-refractivity contribution in [3.8, 4) is 0 Å². The first-order chi connectivity index (χ1) is 9.58. The largest absolute Gasteiger partial charge is 0.478 e. The van der Waals surface area contributed by atoms with Crippen LogP contribution in [0.3, 0.4) is 0 Å². The van der Waals surface area contributed by atoms with Gasteiger partial charge in [-0.25, -0.2) is 4.79 Å². The predicted molar refractivity (Wildman–Crippen MR) is 81.3 cm³/mol. The smallest absolute Gasteiger partial charge is 0.337 e. The number of carbonyl (C=O) groups is 1. The van der Waals surface area contributed by atoms with E-state index >= 15 is 0 Å². The summed E-state index contributed by atoms with van der Waals surface area (Å²) in [5.74, 6) is -0.981. The summed E-state index contributed by atoms with van der Waals surface area (Å²) in [6, 6.07) is 3.51. The summed E-state index contributed by atoms with van der Waals surface area (Å²) >= 11 is 0. The Morgan fingerprint density at radius 1 is 1.35 bits per heavy atom. The van der Waals surface area contributed by atoms with Crippen molar-refractivity contribution in [3.63, 3.8) is 0 Å². The Kier molecular flexibility index (Phi) is 4.84. The number of nitrogens with one attached hydrogen (secondary N) is 1. The molecule has 1 aliphatic rings. The number of anilines is 2. The lowest BCUT2D eigenvalue weighted by Gasteiger charge is -2.26. The van der Waals surface area contributed by atoms with Gasteiger partial charge in [-0.2, -0.15) is 0 Å². The van der Waals surface area contributed by atoms with E-state index in [4.69, 9.17) is 10.8 Å². The third-order valence-corrected chi connectivity index (χ3v) is 3.82. The fourth-order valence-corrected chi connectivity index (χ4v) is 2.62. The predicted octanol–water partition coefficient (Wildman–Crippen LogP) is 2.17. The molecule has 5 nitrogen and oxygen atoms in total. The SMILES string of the molecule is Cc1cc(NCCN2CCCCC2)cc(C(=O)O)c1N. The Morgan fingerprint density at radius 2 is 2.05 bits per heavy atom. The number of likely N-dealkylation sites (tertiary alicyclic amines) is 1. The Labute approximate surface area is 119 Å². The summed E-state index contributed by atoms with van der Waals surface area (Å²) in [6.07, 6.45) is 3.90. The highest BCUT2D eigenvalue weighted by molar-refractivity contribution is 5.95. The third kappa shape index (κ3) is 3.63. The summed E-state index contributed by atoms with van der Waals surface area (Å²) in [6.45, 7) is 5.98. The van der Waals surface area contributed by atoms with Gasteiger partial charge in [0.2, 0.25) is 0 Å². The van der Waals surface area contributed by atoms with Crippen molar-refractivity contribution in [3.05, 3.63) is 23.3 Å². The Hall–Kier alpha value is -1.75. The molecule has 1 aromatic rings. The summed E-state index contributed by atoms with van der Waals surface area (Å²) < 4.78 is 0. The molecule has 4 N–H and O–H groups in total. The van der Waals surface area contributed by atoms with Gasteiger partial charge in [-0.15, -0.1) is 0 Å². The van der Waals surface area contributed by atoms with Crippen LogP contribution in [0.15, 0.2) is 12.1 Å². The lowest BCUT2D eigenvalue weighted by molar-refractivity contribution is 0.0698. The third-order valence-electron chi connectivity index (χ3n) is 3.82. The van der Waals surface area contributed by atoms with E-state index in [2.05, 4.69) is 10.2 Å². The van der Waals surface area contributed by atoms with E-state index in [1.54, 1.807) is 6.07 Å². The van der Waals surface area contributed by atoms with Crippen LogP contribution < -0.4 is 11.1 Å². The van der Waals surface area contributed by atoms with E-state index in [1.807, 2.05) is 13.0 Å².